The van der Waals surface area contributed by atoms with E-state index >= 15 is 0 Å². The van der Waals surface area contributed by atoms with Crippen molar-refractivity contribution < 1.29 is 23.8 Å². The molecule has 3 heterocycles. The van der Waals surface area contributed by atoms with E-state index in [-0.39, 0.29) is 0 Å². The van der Waals surface area contributed by atoms with Crippen LogP contribution in [0.5, 0.6) is 5.75 Å². The van der Waals surface area contributed by atoms with E-state index in [0.717, 1.165) is 0 Å². The molecule has 0 spiro atoms. The van der Waals surface area contributed by atoms with E-state index in [1.165, 1.54) is 14.2 Å². The summed E-state index contributed by atoms with van der Waals surface area (Å²) in [6, 6.07) is 5.24. The van der Waals surface area contributed by atoms with Crippen molar-refractivity contribution in [1.29, 1.82) is 0 Å². The van der Waals surface area contributed by atoms with Gasteiger partial charge in [0.1, 0.15) is 11.4 Å². The Hall–Kier alpha value is -3.42. The average molecular weight is 369 g/mol. The van der Waals surface area contributed by atoms with Crippen LogP contribution in [0.4, 0.5) is 0 Å². The molecular formula is C19H19N3O5. The van der Waals surface area contributed by atoms with Crippen molar-refractivity contribution in [3.05, 3.63) is 54.1 Å². The van der Waals surface area contributed by atoms with E-state index < -0.39 is 23.8 Å². The number of hydrogen-bond donors (Lipinski definition) is 1. The van der Waals surface area contributed by atoms with Crippen molar-refractivity contribution in [2.45, 2.75) is 5.92 Å². The number of nitrogens with one attached hydrogen (secondary N) is 1. The zero-order valence-corrected chi connectivity index (χ0v) is 15.1. The molecule has 0 radical (unpaired) electrons. The molecule has 1 atom stereocenters. The minimum atomic E-state index is -1.21. The van der Waals surface area contributed by atoms with E-state index in [1.54, 1.807) is 50.1 Å². The third kappa shape index (κ3) is 3.33. The lowest BCUT2D eigenvalue weighted by Gasteiger charge is -2.23. The Labute approximate surface area is 155 Å². The highest BCUT2D eigenvalue weighted by Gasteiger charge is 2.40. The van der Waals surface area contributed by atoms with Gasteiger partial charge >= 0.3 is 11.9 Å². The molecule has 8 heteroatoms. The van der Waals surface area contributed by atoms with Gasteiger partial charge in [0.05, 0.1) is 26.7 Å². The summed E-state index contributed by atoms with van der Waals surface area (Å²) in [5.41, 5.74) is 1.89. The zero-order chi connectivity index (χ0) is 19.4. The monoisotopic (exact) mass is 369 g/mol. The predicted molar refractivity (Wildman–Crippen MR) is 96.2 cm³/mol. The molecule has 3 aromatic rings. The topological polar surface area (TPSA) is 103 Å². The van der Waals surface area contributed by atoms with Crippen LogP contribution in [-0.2, 0) is 19.1 Å². The van der Waals surface area contributed by atoms with Crippen LogP contribution in [0.15, 0.2) is 43.0 Å². The van der Waals surface area contributed by atoms with Crippen LogP contribution in [0, 0.1) is 5.92 Å². The van der Waals surface area contributed by atoms with Crippen LogP contribution in [0.25, 0.3) is 11.0 Å². The van der Waals surface area contributed by atoms with Gasteiger partial charge in [-0.25, -0.2) is 4.98 Å². The Morgan fingerprint density at radius 2 is 1.81 bits per heavy atom. The van der Waals surface area contributed by atoms with Crippen LogP contribution in [0.2, 0.25) is 0 Å². The predicted octanol–water partition coefficient (Wildman–Crippen LogP) is 2.06. The van der Waals surface area contributed by atoms with E-state index in [2.05, 4.69) is 15.0 Å². The minimum absolute atomic E-state index is 0.568. The minimum Gasteiger partial charge on any atom is -0.496 e. The number of methoxy groups -OCH3 is 3. The quantitative estimate of drug-likeness (QED) is 0.524. The van der Waals surface area contributed by atoms with E-state index in [1.807, 2.05) is 0 Å². The number of ether oxygens (including phenoxy) is 3. The fourth-order valence-electron chi connectivity index (χ4n) is 3.20. The van der Waals surface area contributed by atoms with E-state index in [4.69, 9.17) is 14.2 Å². The number of aromatic amines is 1. The second kappa shape index (κ2) is 7.86. The second-order valence-electron chi connectivity index (χ2n) is 5.77. The Morgan fingerprint density at radius 1 is 1.07 bits per heavy atom. The highest BCUT2D eigenvalue weighted by molar-refractivity contribution is 5.98. The van der Waals surface area contributed by atoms with Crippen molar-refractivity contribution in [2.24, 2.45) is 5.92 Å². The third-order valence-corrected chi connectivity index (χ3v) is 4.41. The average Bonchev–Trinajstić information content (AvgIpc) is 3.15. The maximum absolute atomic E-state index is 12.5. The van der Waals surface area contributed by atoms with Crippen molar-refractivity contribution in [3.8, 4) is 5.75 Å². The summed E-state index contributed by atoms with van der Waals surface area (Å²) < 4.78 is 15.2. The summed E-state index contributed by atoms with van der Waals surface area (Å²) >= 11 is 0. The number of aromatic nitrogens is 3. The summed E-state index contributed by atoms with van der Waals surface area (Å²) in [5, 5.41) is 0.673. The number of carbonyl (C=O) groups is 2. The largest absolute Gasteiger partial charge is 0.496 e. The fraction of sp³-hybridized carbons (Fsp3) is 0.263. The first-order chi connectivity index (χ1) is 13.1. The first kappa shape index (κ1) is 18.4. The molecule has 3 rings (SSSR count). The lowest BCUT2D eigenvalue weighted by atomic mass is 9.81. The molecule has 0 aliphatic rings. The van der Waals surface area contributed by atoms with Gasteiger partial charge < -0.3 is 19.2 Å². The fourth-order valence-corrected chi connectivity index (χ4v) is 3.20. The highest BCUT2D eigenvalue weighted by atomic mass is 16.5. The molecule has 1 N–H and O–H groups in total. The number of pyridine rings is 2. The Bertz CT molecular complexity index is 938. The van der Waals surface area contributed by atoms with E-state index in [0.29, 0.717) is 27.9 Å². The normalized spacial score (nSPS) is 12.0. The SMILES string of the molecule is COC(=O)C(C(=O)OC)C(c1cccnc1)c1c[nH]c2nccc(OC)c12. The van der Waals surface area contributed by atoms with Crippen LogP contribution in [0.3, 0.4) is 0 Å². The highest BCUT2D eigenvalue weighted by Crippen LogP contribution is 2.40. The standard InChI is InChI=1S/C19H19N3O5/c1-25-13-6-8-21-17-15(13)12(10-22-17)14(11-5-4-7-20-9-11)16(18(23)26-2)19(24)27-3/h4-10,14,16H,1-3H3,(H,21,22). The van der Waals surface area contributed by atoms with E-state index in [9.17, 15) is 9.59 Å². The number of H-pyrrole nitrogens is 1. The second-order valence-corrected chi connectivity index (χ2v) is 5.77. The zero-order valence-electron chi connectivity index (χ0n) is 15.1. The summed E-state index contributed by atoms with van der Waals surface area (Å²) in [4.78, 5) is 36.5. The van der Waals surface area contributed by atoms with Gasteiger partial charge in [-0.2, -0.15) is 0 Å². The first-order valence-electron chi connectivity index (χ1n) is 8.17. The molecule has 0 saturated heterocycles. The molecule has 27 heavy (non-hydrogen) atoms. The van der Waals surface area contributed by atoms with Gasteiger partial charge in [0.25, 0.3) is 0 Å². The Balaban J connectivity index is 2.28. The number of hydrogen-bond acceptors (Lipinski definition) is 7. The summed E-state index contributed by atoms with van der Waals surface area (Å²) in [6.45, 7) is 0. The third-order valence-electron chi connectivity index (χ3n) is 4.41. The van der Waals surface area contributed by atoms with Crippen LogP contribution in [0.1, 0.15) is 17.0 Å². The van der Waals surface area contributed by atoms with Crippen LogP contribution >= 0.6 is 0 Å². The lowest BCUT2D eigenvalue weighted by Crippen LogP contribution is -2.33. The van der Waals surface area contributed by atoms with Gasteiger partial charge in [0, 0.05) is 30.7 Å². The molecule has 0 aromatic carbocycles. The van der Waals surface area contributed by atoms with Crippen molar-refractivity contribution >= 4 is 23.0 Å². The molecule has 140 valence electrons. The molecular weight excluding hydrogens is 350 g/mol. The van der Waals surface area contributed by atoms with Gasteiger partial charge in [-0.3, -0.25) is 14.6 Å². The molecule has 0 aliphatic heterocycles. The van der Waals surface area contributed by atoms with Crippen LogP contribution < -0.4 is 4.74 Å². The van der Waals surface area contributed by atoms with Gasteiger partial charge in [0.2, 0.25) is 0 Å². The van der Waals surface area contributed by atoms with Gasteiger partial charge in [-0.05, 0) is 23.3 Å². The molecule has 0 bridgehead atoms. The van der Waals surface area contributed by atoms with Crippen molar-refractivity contribution in [1.82, 2.24) is 15.0 Å². The van der Waals surface area contributed by atoms with Gasteiger partial charge in [-0.15, -0.1) is 0 Å². The molecule has 3 aromatic heterocycles. The molecule has 1 unspecified atom stereocenters. The smallest absolute Gasteiger partial charge is 0.321 e. The number of nitrogens with zero attached hydrogens (tertiary/aromatic N) is 2. The lowest BCUT2D eigenvalue weighted by molar-refractivity contribution is -0.159. The number of carbonyl (C=O) groups excluding carboxylic acids is 2. The molecule has 0 saturated carbocycles. The summed E-state index contributed by atoms with van der Waals surface area (Å²) in [5.74, 6) is -2.75. The molecule has 0 fully saturated rings. The maximum Gasteiger partial charge on any atom is 0.321 e. The Kier molecular flexibility index (Phi) is 5.35. The van der Waals surface area contributed by atoms with Crippen molar-refractivity contribution in [2.75, 3.05) is 21.3 Å². The molecule has 0 aliphatic carbocycles. The summed E-state index contributed by atoms with van der Waals surface area (Å²) in [7, 11) is 4.01. The first-order valence-corrected chi connectivity index (χ1v) is 8.17. The summed E-state index contributed by atoms with van der Waals surface area (Å²) in [6.07, 6.45) is 6.53. The number of esters is 2. The maximum atomic E-state index is 12.5. The molecule has 0 amide bonds. The number of fused-ring (bicyclic) bond motifs is 1. The van der Waals surface area contributed by atoms with Gasteiger partial charge in [-0.1, -0.05) is 6.07 Å². The van der Waals surface area contributed by atoms with Gasteiger partial charge in [0.15, 0.2) is 5.92 Å². The molecule has 8 nitrogen and oxygen atoms in total. The Morgan fingerprint density at radius 3 is 2.41 bits per heavy atom. The van der Waals surface area contributed by atoms with Crippen molar-refractivity contribution in [3.63, 3.8) is 0 Å². The van der Waals surface area contributed by atoms with Crippen LogP contribution in [-0.4, -0.2) is 48.2 Å². The number of rotatable bonds is 6.